The van der Waals surface area contributed by atoms with Crippen molar-refractivity contribution in [3.8, 4) is 0 Å². The quantitative estimate of drug-likeness (QED) is 0.325. The first-order valence-corrected chi connectivity index (χ1v) is 13.8. The van der Waals surface area contributed by atoms with Gasteiger partial charge in [-0.05, 0) is 77.3 Å². The number of hydrogen-bond donors (Lipinski definition) is 1. The smallest absolute Gasteiger partial charge is 0.0910 e. The summed E-state index contributed by atoms with van der Waals surface area (Å²) in [6.45, 7) is 24.5. The Labute approximate surface area is 226 Å². The van der Waals surface area contributed by atoms with Crippen molar-refractivity contribution in [2.24, 2.45) is 4.99 Å². The Balaban J connectivity index is 2.24. The number of nitrogens with zero attached hydrogens (tertiary/aromatic N) is 1. The van der Waals surface area contributed by atoms with Crippen LogP contribution in [0.4, 0.5) is 0 Å². The number of hydrogen-bond acceptors (Lipinski definition) is 4. The molecule has 1 aliphatic rings. The fraction of sp³-hybridized carbons (Fsp3) is 0.424. The number of aliphatic hydroxyl groups is 1. The van der Waals surface area contributed by atoms with E-state index < -0.39 is 11.0 Å². The number of methoxy groups -OCH3 is 1. The average Bonchev–Trinajstić information content (AvgIpc) is 3.16. The van der Waals surface area contributed by atoms with Crippen molar-refractivity contribution in [2.45, 2.75) is 71.3 Å². The van der Waals surface area contributed by atoms with Gasteiger partial charge < -0.3 is 9.84 Å². The Kier molecular flexibility index (Phi) is 7.17. The molecule has 4 heteroatoms. The van der Waals surface area contributed by atoms with E-state index in [1.54, 1.807) is 18.4 Å². The zero-order valence-electron chi connectivity index (χ0n) is 23.7. The van der Waals surface area contributed by atoms with E-state index in [2.05, 4.69) is 92.0 Å². The predicted octanol–water partition coefficient (Wildman–Crippen LogP) is 7.91. The zero-order chi connectivity index (χ0) is 27.3. The van der Waals surface area contributed by atoms with E-state index in [1.807, 2.05) is 6.08 Å². The number of ether oxygens (including phenoxy) is 1. The summed E-state index contributed by atoms with van der Waals surface area (Å²) in [5.41, 5.74) is 6.69. The lowest BCUT2D eigenvalue weighted by Crippen LogP contribution is -2.52. The molecule has 2 atom stereocenters. The Bertz CT molecular complexity index is 1420. The first-order valence-electron chi connectivity index (χ1n) is 13.0. The molecule has 1 aromatic heterocycles. The number of thiophene rings is 1. The first kappa shape index (κ1) is 27.5. The highest BCUT2D eigenvalue weighted by Crippen LogP contribution is 2.53. The molecule has 0 fully saturated rings. The molecule has 3 aromatic rings. The van der Waals surface area contributed by atoms with Crippen LogP contribution in [0.5, 0.6) is 0 Å². The minimum Gasteiger partial charge on any atom is -0.392 e. The van der Waals surface area contributed by atoms with E-state index >= 15 is 0 Å². The number of aliphatic imine (C=N–C) groups is 1. The van der Waals surface area contributed by atoms with Crippen molar-refractivity contribution in [1.29, 1.82) is 0 Å². The maximum Gasteiger partial charge on any atom is 0.0910 e. The molecule has 2 unspecified atom stereocenters. The van der Waals surface area contributed by atoms with Crippen LogP contribution in [0, 0.1) is 13.8 Å². The van der Waals surface area contributed by atoms with E-state index in [0.717, 1.165) is 17.0 Å². The van der Waals surface area contributed by atoms with Crippen LogP contribution >= 0.6 is 11.3 Å². The third-order valence-corrected chi connectivity index (χ3v) is 10.0. The third-order valence-electron chi connectivity index (χ3n) is 8.64. The fourth-order valence-corrected chi connectivity index (χ4v) is 7.11. The molecule has 196 valence electrons. The third kappa shape index (κ3) is 4.14. The lowest BCUT2D eigenvalue weighted by Gasteiger charge is -2.50. The predicted molar refractivity (Wildman–Crippen MR) is 161 cm³/mol. The second-order valence-electron chi connectivity index (χ2n) is 11.8. The van der Waals surface area contributed by atoms with E-state index in [0.29, 0.717) is 12.2 Å². The van der Waals surface area contributed by atoms with Crippen LogP contribution in [0.3, 0.4) is 0 Å². The molecule has 0 amide bonds. The summed E-state index contributed by atoms with van der Waals surface area (Å²) in [5, 5.41) is 12.9. The van der Waals surface area contributed by atoms with Gasteiger partial charge in [0.1, 0.15) is 0 Å². The minimum absolute atomic E-state index is 0.0508. The summed E-state index contributed by atoms with van der Waals surface area (Å²) < 4.78 is 5.64. The van der Waals surface area contributed by atoms with Gasteiger partial charge in [-0.15, -0.1) is 11.3 Å². The van der Waals surface area contributed by atoms with Crippen LogP contribution in [-0.4, -0.2) is 36.7 Å². The van der Waals surface area contributed by atoms with Gasteiger partial charge in [-0.1, -0.05) is 71.2 Å². The molecule has 1 aliphatic heterocycles. The standard InChI is InChI=1S/C33H41NO2S/c1-11-27-21(3)22(4)30(37-27)29-25-18-26(31(5,6)7)23-14-12-13-15-24(23)28(25)32(8,16-17-36-10)33(9,34-29)20(2)19-35/h11-15,18,35H,1-2,16-17,19H2,3-10H3. The van der Waals surface area contributed by atoms with Crippen molar-refractivity contribution in [2.75, 3.05) is 20.3 Å². The van der Waals surface area contributed by atoms with Crippen LogP contribution in [-0.2, 0) is 15.6 Å². The molecule has 4 rings (SSSR count). The van der Waals surface area contributed by atoms with Gasteiger partial charge in [0.05, 0.1) is 22.7 Å². The highest BCUT2D eigenvalue weighted by molar-refractivity contribution is 7.15. The largest absolute Gasteiger partial charge is 0.392 e. The Morgan fingerprint density at radius 2 is 1.78 bits per heavy atom. The van der Waals surface area contributed by atoms with Crippen LogP contribution < -0.4 is 0 Å². The van der Waals surface area contributed by atoms with E-state index in [1.165, 1.54) is 43.5 Å². The summed E-state index contributed by atoms with van der Waals surface area (Å²) in [7, 11) is 1.75. The molecule has 0 bridgehead atoms. The average molecular weight is 516 g/mol. The van der Waals surface area contributed by atoms with Gasteiger partial charge in [-0.2, -0.15) is 0 Å². The van der Waals surface area contributed by atoms with Crippen LogP contribution in [0.25, 0.3) is 16.8 Å². The van der Waals surface area contributed by atoms with Gasteiger partial charge in [0.2, 0.25) is 0 Å². The molecular formula is C33H41NO2S. The van der Waals surface area contributed by atoms with Gasteiger partial charge in [-0.25, -0.2) is 0 Å². The van der Waals surface area contributed by atoms with Gasteiger partial charge in [0.25, 0.3) is 0 Å². The molecule has 0 saturated carbocycles. The van der Waals surface area contributed by atoms with Crippen LogP contribution in [0.1, 0.15) is 78.6 Å². The molecule has 2 aromatic carbocycles. The molecule has 0 aliphatic carbocycles. The first-order chi connectivity index (χ1) is 17.4. The van der Waals surface area contributed by atoms with Crippen LogP contribution in [0.15, 0.2) is 54.1 Å². The number of aliphatic hydroxyl groups excluding tert-OH is 1. The molecule has 1 N–H and O–H groups in total. The van der Waals surface area contributed by atoms with Crippen molar-refractivity contribution < 1.29 is 9.84 Å². The maximum absolute atomic E-state index is 10.4. The van der Waals surface area contributed by atoms with Crippen molar-refractivity contribution in [1.82, 2.24) is 0 Å². The number of fused-ring (bicyclic) bond motifs is 3. The summed E-state index contributed by atoms with van der Waals surface area (Å²) in [6.07, 6.45) is 2.69. The summed E-state index contributed by atoms with van der Waals surface area (Å²) in [6, 6.07) is 11.1. The second kappa shape index (κ2) is 9.65. The summed E-state index contributed by atoms with van der Waals surface area (Å²) in [4.78, 5) is 7.89. The molecule has 0 saturated heterocycles. The Hall–Kier alpha value is -2.53. The minimum atomic E-state index is -0.729. The van der Waals surface area contributed by atoms with Gasteiger partial charge >= 0.3 is 0 Å². The summed E-state index contributed by atoms with van der Waals surface area (Å²) >= 11 is 1.75. The second-order valence-corrected chi connectivity index (χ2v) is 12.8. The monoisotopic (exact) mass is 515 g/mol. The fourth-order valence-electron chi connectivity index (χ4n) is 5.94. The molecule has 2 heterocycles. The van der Waals surface area contributed by atoms with E-state index in [-0.39, 0.29) is 12.0 Å². The van der Waals surface area contributed by atoms with Crippen molar-refractivity contribution >= 4 is 33.9 Å². The van der Waals surface area contributed by atoms with Crippen molar-refractivity contribution in [3.05, 3.63) is 86.6 Å². The van der Waals surface area contributed by atoms with Crippen LogP contribution in [0.2, 0.25) is 0 Å². The topological polar surface area (TPSA) is 41.8 Å². The SMILES string of the molecule is C=Cc1sc(C2=NC(C)(C(=C)CO)C(C)(CCOC)c3c2cc(C(C)(C)C)c2ccccc32)c(C)c1C. The molecule has 0 radical (unpaired) electrons. The summed E-state index contributed by atoms with van der Waals surface area (Å²) in [5.74, 6) is 0. The van der Waals surface area contributed by atoms with E-state index in [9.17, 15) is 5.11 Å². The Morgan fingerprint density at radius 1 is 1.14 bits per heavy atom. The normalized spacial score (nSPS) is 21.6. The zero-order valence-corrected chi connectivity index (χ0v) is 24.5. The van der Waals surface area contributed by atoms with Gasteiger partial charge in [-0.3, -0.25) is 4.99 Å². The van der Waals surface area contributed by atoms with E-state index in [4.69, 9.17) is 9.73 Å². The number of rotatable bonds is 7. The molecule has 0 spiro atoms. The molecule has 3 nitrogen and oxygen atoms in total. The molecular weight excluding hydrogens is 474 g/mol. The molecule has 37 heavy (non-hydrogen) atoms. The highest BCUT2D eigenvalue weighted by Gasteiger charge is 2.52. The van der Waals surface area contributed by atoms with Gasteiger partial charge in [0, 0.05) is 29.6 Å². The number of benzene rings is 2. The lowest BCUT2D eigenvalue weighted by atomic mass is 9.58. The van der Waals surface area contributed by atoms with Gasteiger partial charge in [0.15, 0.2) is 0 Å². The Morgan fingerprint density at radius 3 is 2.32 bits per heavy atom. The maximum atomic E-state index is 10.4. The highest BCUT2D eigenvalue weighted by atomic mass is 32.1. The van der Waals surface area contributed by atoms with Crippen molar-refractivity contribution in [3.63, 3.8) is 0 Å². The lowest BCUT2D eigenvalue weighted by molar-refractivity contribution is 0.144.